The van der Waals surface area contributed by atoms with Crippen LogP contribution >= 0.6 is 34.4 Å². The highest BCUT2D eigenvalue weighted by molar-refractivity contribution is 14.1. The predicted molar refractivity (Wildman–Crippen MR) is 81.6 cm³/mol. The largest absolute Gasteiger partial charge is 0.392 e. The monoisotopic (exact) mass is 360 g/mol. The molecule has 0 amide bonds. The van der Waals surface area contributed by atoms with E-state index in [4.69, 9.17) is 0 Å². The fourth-order valence-corrected chi connectivity index (χ4v) is 5.80. The van der Waals surface area contributed by atoms with Crippen molar-refractivity contribution in [2.75, 3.05) is 0 Å². The first kappa shape index (κ1) is 12.3. The van der Waals surface area contributed by atoms with Gasteiger partial charge in [-0.1, -0.05) is 52.9 Å². The van der Waals surface area contributed by atoms with Crippen LogP contribution in [-0.2, 0) is 5.75 Å². The summed E-state index contributed by atoms with van der Waals surface area (Å²) in [6.45, 7) is 0. The topological polar surface area (TPSA) is 20.2 Å². The fourth-order valence-electron chi connectivity index (χ4n) is 3.17. The third-order valence-electron chi connectivity index (χ3n) is 4.11. The summed E-state index contributed by atoms with van der Waals surface area (Å²) < 4.78 is 0.506. The molecule has 2 fully saturated rings. The maximum atomic E-state index is 10.1. The van der Waals surface area contributed by atoms with E-state index in [-0.39, 0.29) is 6.10 Å². The zero-order chi connectivity index (χ0) is 11.8. The van der Waals surface area contributed by atoms with E-state index in [1.54, 1.807) is 0 Å². The Kier molecular flexibility index (Phi) is 3.69. The van der Waals surface area contributed by atoms with E-state index in [1.807, 2.05) is 11.8 Å². The second-order valence-corrected chi connectivity index (χ2v) is 7.83. The highest BCUT2D eigenvalue weighted by Gasteiger charge is 2.51. The Bertz CT molecular complexity index is 381. The minimum atomic E-state index is -0.0531. The first-order valence-corrected chi connectivity index (χ1v) is 8.53. The summed E-state index contributed by atoms with van der Waals surface area (Å²) in [7, 11) is 0. The summed E-state index contributed by atoms with van der Waals surface area (Å²) in [5.74, 6) is 2.41. The number of fused-ring (bicyclic) bond motifs is 2. The van der Waals surface area contributed by atoms with Gasteiger partial charge in [0.1, 0.15) is 0 Å². The average molecular weight is 360 g/mol. The van der Waals surface area contributed by atoms with Gasteiger partial charge in [-0.15, -0.1) is 0 Å². The quantitative estimate of drug-likeness (QED) is 0.658. The lowest BCUT2D eigenvalue weighted by atomic mass is 9.97. The van der Waals surface area contributed by atoms with E-state index in [9.17, 15) is 5.11 Å². The molecule has 17 heavy (non-hydrogen) atoms. The molecule has 1 aromatic carbocycles. The molecule has 1 N–H and O–H groups in total. The summed E-state index contributed by atoms with van der Waals surface area (Å²) >= 11 is 4.48. The Morgan fingerprint density at radius 2 is 2.00 bits per heavy atom. The molecule has 2 bridgehead atoms. The van der Waals surface area contributed by atoms with E-state index in [0.717, 1.165) is 11.7 Å². The average Bonchev–Trinajstić information content (AvgIpc) is 2.89. The maximum Gasteiger partial charge on any atom is 0.0699 e. The Labute approximate surface area is 121 Å². The molecule has 3 rings (SSSR count). The van der Waals surface area contributed by atoms with Crippen molar-refractivity contribution in [3.05, 3.63) is 35.9 Å². The predicted octanol–water partition coefficient (Wildman–Crippen LogP) is 3.49. The van der Waals surface area contributed by atoms with Crippen molar-refractivity contribution in [1.29, 1.82) is 0 Å². The molecule has 1 aromatic rings. The van der Waals surface area contributed by atoms with E-state index in [0.29, 0.717) is 15.1 Å². The lowest BCUT2D eigenvalue weighted by Gasteiger charge is -2.29. The van der Waals surface area contributed by atoms with Gasteiger partial charge in [-0.25, -0.2) is 0 Å². The second-order valence-electron chi connectivity index (χ2n) is 5.17. The Morgan fingerprint density at radius 1 is 1.24 bits per heavy atom. The molecule has 0 spiro atoms. The number of hydrogen-bond donors (Lipinski definition) is 1. The smallest absolute Gasteiger partial charge is 0.0699 e. The van der Waals surface area contributed by atoms with Crippen molar-refractivity contribution < 1.29 is 5.11 Å². The van der Waals surface area contributed by atoms with Gasteiger partial charge in [-0.2, -0.15) is 11.8 Å². The highest BCUT2D eigenvalue weighted by atomic mass is 127. The third-order valence-corrected chi connectivity index (χ3v) is 7.33. The van der Waals surface area contributed by atoms with Crippen LogP contribution in [0.4, 0.5) is 0 Å². The number of alkyl halides is 1. The molecule has 0 saturated heterocycles. The van der Waals surface area contributed by atoms with Gasteiger partial charge >= 0.3 is 0 Å². The van der Waals surface area contributed by atoms with Crippen molar-refractivity contribution in [3.8, 4) is 0 Å². The Balaban J connectivity index is 1.58. The Morgan fingerprint density at radius 3 is 2.65 bits per heavy atom. The van der Waals surface area contributed by atoms with E-state index < -0.39 is 0 Å². The standard InChI is InChI=1S/C14H17IOS/c15-13-10-6-11(14(13)16)12(7-10)17-8-9-4-2-1-3-5-9/h1-5,10-14,16H,6-8H2/t10-,11+,12-,13-,14-/m0/s1. The molecule has 0 aliphatic heterocycles. The zero-order valence-electron chi connectivity index (χ0n) is 9.63. The first-order valence-electron chi connectivity index (χ1n) is 6.23. The molecule has 0 radical (unpaired) electrons. The number of thioether (sulfide) groups is 1. The van der Waals surface area contributed by atoms with Gasteiger partial charge in [-0.3, -0.25) is 0 Å². The van der Waals surface area contributed by atoms with Gasteiger partial charge in [0.25, 0.3) is 0 Å². The van der Waals surface area contributed by atoms with Gasteiger partial charge in [0.05, 0.1) is 6.10 Å². The Hall–Kier alpha value is 0.260. The van der Waals surface area contributed by atoms with Crippen LogP contribution in [0.15, 0.2) is 30.3 Å². The van der Waals surface area contributed by atoms with Crippen molar-refractivity contribution in [2.24, 2.45) is 11.8 Å². The van der Waals surface area contributed by atoms with E-state index in [2.05, 4.69) is 52.9 Å². The normalized spacial score (nSPS) is 39.8. The van der Waals surface area contributed by atoms with Crippen LogP contribution in [0, 0.1) is 11.8 Å². The second kappa shape index (κ2) is 5.10. The number of aliphatic hydroxyl groups excluding tert-OH is 1. The lowest BCUT2D eigenvalue weighted by molar-refractivity contribution is 0.127. The molecule has 2 aliphatic carbocycles. The van der Waals surface area contributed by atoms with Crippen LogP contribution in [0.2, 0.25) is 0 Å². The highest BCUT2D eigenvalue weighted by Crippen LogP contribution is 2.52. The molecule has 5 atom stereocenters. The molecule has 0 aromatic heterocycles. The van der Waals surface area contributed by atoms with Gasteiger partial charge < -0.3 is 5.11 Å². The summed E-state index contributed by atoms with van der Waals surface area (Å²) in [5.41, 5.74) is 1.40. The fraction of sp³-hybridized carbons (Fsp3) is 0.571. The van der Waals surface area contributed by atoms with Crippen molar-refractivity contribution >= 4 is 34.4 Å². The van der Waals surface area contributed by atoms with Crippen molar-refractivity contribution in [2.45, 2.75) is 33.9 Å². The SMILES string of the molecule is O[C@@H]1[C@@H](I)[C@H]2C[C@@H]1[C@@H](SCc1ccccc1)C2. The molecule has 92 valence electrons. The van der Waals surface area contributed by atoms with Gasteiger partial charge in [0.15, 0.2) is 0 Å². The molecular weight excluding hydrogens is 343 g/mol. The molecule has 1 nitrogen and oxygen atoms in total. The molecule has 0 unspecified atom stereocenters. The molecular formula is C14H17IOS. The summed E-state index contributed by atoms with van der Waals surface area (Å²) in [6.07, 6.45) is 2.51. The van der Waals surface area contributed by atoms with E-state index >= 15 is 0 Å². The summed E-state index contributed by atoms with van der Waals surface area (Å²) in [4.78, 5) is 0. The lowest BCUT2D eigenvalue weighted by Crippen LogP contribution is -2.34. The number of aliphatic hydroxyl groups is 1. The van der Waals surface area contributed by atoms with Gasteiger partial charge in [-0.05, 0) is 30.2 Å². The third kappa shape index (κ3) is 2.38. The maximum absolute atomic E-state index is 10.1. The number of halogens is 1. The van der Waals surface area contributed by atoms with E-state index in [1.165, 1.54) is 18.4 Å². The molecule has 2 saturated carbocycles. The minimum absolute atomic E-state index is 0.0531. The number of benzene rings is 1. The molecule has 0 heterocycles. The first-order chi connectivity index (χ1) is 8.25. The van der Waals surface area contributed by atoms with Crippen molar-refractivity contribution in [3.63, 3.8) is 0 Å². The van der Waals surface area contributed by atoms with Crippen LogP contribution in [0.5, 0.6) is 0 Å². The summed E-state index contributed by atoms with van der Waals surface area (Å²) in [5, 5.41) is 10.8. The van der Waals surface area contributed by atoms with Crippen molar-refractivity contribution in [1.82, 2.24) is 0 Å². The zero-order valence-corrected chi connectivity index (χ0v) is 12.6. The van der Waals surface area contributed by atoms with Crippen LogP contribution in [-0.4, -0.2) is 20.4 Å². The van der Waals surface area contributed by atoms with Gasteiger partial charge in [0.2, 0.25) is 0 Å². The van der Waals surface area contributed by atoms with Crippen LogP contribution in [0.25, 0.3) is 0 Å². The summed E-state index contributed by atoms with van der Waals surface area (Å²) in [6, 6.07) is 10.7. The van der Waals surface area contributed by atoms with Gasteiger partial charge in [0, 0.05) is 14.9 Å². The van der Waals surface area contributed by atoms with Crippen LogP contribution in [0.3, 0.4) is 0 Å². The van der Waals surface area contributed by atoms with Crippen LogP contribution < -0.4 is 0 Å². The van der Waals surface area contributed by atoms with Crippen LogP contribution in [0.1, 0.15) is 18.4 Å². The minimum Gasteiger partial charge on any atom is -0.392 e. The molecule has 2 aliphatic rings. The number of hydrogen-bond acceptors (Lipinski definition) is 2. The number of rotatable bonds is 3. The molecule has 3 heteroatoms.